The van der Waals surface area contributed by atoms with Crippen molar-refractivity contribution in [2.45, 2.75) is 46.3 Å². The highest BCUT2D eigenvalue weighted by Crippen LogP contribution is 2.14. The van der Waals surface area contributed by atoms with E-state index >= 15 is 0 Å². The topological polar surface area (TPSA) is 28.4 Å². The van der Waals surface area contributed by atoms with Crippen LogP contribution in [-0.4, -0.2) is 23.5 Å². The largest absolute Gasteiger partial charge is 0.468 e. The van der Waals surface area contributed by atoms with Gasteiger partial charge in [0.25, 0.3) is 0 Å². The molecule has 0 aliphatic heterocycles. The van der Waals surface area contributed by atoms with Gasteiger partial charge in [-0.25, -0.2) is 0 Å². The second-order valence-corrected chi connectivity index (χ2v) is 5.59. The van der Waals surface area contributed by atoms with E-state index in [0.29, 0.717) is 0 Å². The van der Waals surface area contributed by atoms with Crippen molar-refractivity contribution in [3.8, 4) is 0 Å². The Bertz CT molecular complexity index is 363. The molecule has 1 N–H and O–H groups in total. The molecule has 102 valence electrons. The Morgan fingerprint density at radius 2 is 2.17 bits per heavy atom. The minimum absolute atomic E-state index is 0.107. The Morgan fingerprint density at radius 1 is 1.44 bits per heavy atom. The smallest absolute Gasteiger partial charge is 0.122 e. The van der Waals surface area contributed by atoms with Gasteiger partial charge >= 0.3 is 0 Å². The third kappa shape index (κ3) is 5.07. The monoisotopic (exact) mass is 250 g/mol. The lowest BCUT2D eigenvalue weighted by Crippen LogP contribution is -2.35. The standard InChI is InChI=1S/C15H26N2O/c1-6-9-17(7-2)12-13-8-10-18-14(13)11-16-15(3,4)5/h6,8,10,16H,1,7,9,11-12H2,2-5H3. The Hall–Kier alpha value is -1.06. The molecular formula is C15H26N2O. The maximum Gasteiger partial charge on any atom is 0.122 e. The fourth-order valence-corrected chi connectivity index (χ4v) is 1.74. The van der Waals surface area contributed by atoms with E-state index in [1.54, 1.807) is 6.26 Å². The first-order chi connectivity index (χ1) is 8.46. The van der Waals surface area contributed by atoms with Gasteiger partial charge in [0.05, 0.1) is 12.8 Å². The van der Waals surface area contributed by atoms with Crippen LogP contribution < -0.4 is 5.32 Å². The summed E-state index contributed by atoms with van der Waals surface area (Å²) >= 11 is 0. The van der Waals surface area contributed by atoms with E-state index < -0.39 is 0 Å². The normalized spacial score (nSPS) is 12.1. The molecule has 0 spiro atoms. The second-order valence-electron chi connectivity index (χ2n) is 5.59. The Kier molecular flexibility index (Phi) is 5.63. The maximum atomic E-state index is 5.57. The van der Waals surface area contributed by atoms with Crippen LogP contribution in [-0.2, 0) is 13.1 Å². The summed E-state index contributed by atoms with van der Waals surface area (Å²) in [5.41, 5.74) is 1.37. The molecule has 0 bridgehead atoms. The van der Waals surface area contributed by atoms with Gasteiger partial charge in [0.1, 0.15) is 5.76 Å². The molecule has 0 saturated heterocycles. The number of hydrogen-bond acceptors (Lipinski definition) is 3. The van der Waals surface area contributed by atoms with Crippen LogP contribution in [0.2, 0.25) is 0 Å². The van der Waals surface area contributed by atoms with E-state index in [1.807, 2.05) is 6.08 Å². The lowest BCUT2D eigenvalue weighted by molar-refractivity contribution is 0.305. The average molecular weight is 250 g/mol. The van der Waals surface area contributed by atoms with Gasteiger partial charge in [0, 0.05) is 24.2 Å². The molecule has 1 aromatic heterocycles. The zero-order chi connectivity index (χ0) is 13.6. The molecule has 18 heavy (non-hydrogen) atoms. The van der Waals surface area contributed by atoms with Gasteiger partial charge in [0.15, 0.2) is 0 Å². The predicted octanol–water partition coefficient (Wildman–Crippen LogP) is 3.18. The highest BCUT2D eigenvalue weighted by Gasteiger charge is 2.13. The predicted molar refractivity (Wildman–Crippen MR) is 76.4 cm³/mol. The van der Waals surface area contributed by atoms with Gasteiger partial charge in [-0.15, -0.1) is 6.58 Å². The van der Waals surface area contributed by atoms with Crippen LogP contribution in [0.5, 0.6) is 0 Å². The summed E-state index contributed by atoms with van der Waals surface area (Å²) in [6, 6.07) is 2.06. The highest BCUT2D eigenvalue weighted by molar-refractivity contribution is 5.17. The van der Waals surface area contributed by atoms with Gasteiger partial charge in [0.2, 0.25) is 0 Å². The van der Waals surface area contributed by atoms with Crippen LogP contribution in [0.4, 0.5) is 0 Å². The summed E-state index contributed by atoms with van der Waals surface area (Å²) in [5, 5.41) is 3.46. The van der Waals surface area contributed by atoms with Crippen molar-refractivity contribution >= 4 is 0 Å². The Labute approximate surface area is 111 Å². The number of nitrogens with one attached hydrogen (secondary N) is 1. The van der Waals surface area contributed by atoms with Gasteiger partial charge in [-0.3, -0.25) is 4.90 Å². The molecule has 0 atom stereocenters. The number of hydrogen-bond donors (Lipinski definition) is 1. The van der Waals surface area contributed by atoms with Crippen molar-refractivity contribution in [3.05, 3.63) is 36.3 Å². The van der Waals surface area contributed by atoms with Gasteiger partial charge in [-0.2, -0.15) is 0 Å². The number of rotatable bonds is 7. The molecule has 3 heteroatoms. The molecule has 0 aliphatic rings. The summed E-state index contributed by atoms with van der Waals surface area (Å²) < 4.78 is 5.57. The fourth-order valence-electron chi connectivity index (χ4n) is 1.74. The van der Waals surface area contributed by atoms with Crippen molar-refractivity contribution in [2.24, 2.45) is 0 Å². The molecule has 0 aromatic carbocycles. The Morgan fingerprint density at radius 3 is 2.72 bits per heavy atom. The van der Waals surface area contributed by atoms with Crippen LogP contribution in [0.1, 0.15) is 39.0 Å². The number of furan rings is 1. The first-order valence-electron chi connectivity index (χ1n) is 6.59. The molecule has 1 heterocycles. The summed E-state index contributed by atoms with van der Waals surface area (Å²) in [4.78, 5) is 2.33. The van der Waals surface area contributed by atoms with Crippen molar-refractivity contribution in [2.75, 3.05) is 13.1 Å². The van der Waals surface area contributed by atoms with Crippen LogP contribution in [0.15, 0.2) is 29.4 Å². The molecule has 1 rings (SSSR count). The fraction of sp³-hybridized carbons (Fsp3) is 0.600. The summed E-state index contributed by atoms with van der Waals surface area (Å²) in [6.45, 7) is 16.0. The van der Waals surface area contributed by atoms with Gasteiger partial charge < -0.3 is 9.73 Å². The molecule has 1 aromatic rings. The van der Waals surface area contributed by atoms with Crippen molar-refractivity contribution in [1.29, 1.82) is 0 Å². The van der Waals surface area contributed by atoms with Crippen LogP contribution >= 0.6 is 0 Å². The minimum Gasteiger partial charge on any atom is -0.468 e. The third-order valence-corrected chi connectivity index (χ3v) is 2.85. The van der Waals surface area contributed by atoms with E-state index in [4.69, 9.17) is 4.42 Å². The molecule has 0 aliphatic carbocycles. The van der Waals surface area contributed by atoms with E-state index in [-0.39, 0.29) is 5.54 Å². The van der Waals surface area contributed by atoms with Crippen LogP contribution in [0.25, 0.3) is 0 Å². The highest BCUT2D eigenvalue weighted by atomic mass is 16.3. The zero-order valence-corrected chi connectivity index (χ0v) is 12.1. The van der Waals surface area contributed by atoms with Crippen LogP contribution in [0, 0.1) is 0 Å². The summed E-state index contributed by atoms with van der Waals surface area (Å²) in [7, 11) is 0. The maximum absolute atomic E-state index is 5.57. The third-order valence-electron chi connectivity index (χ3n) is 2.85. The average Bonchev–Trinajstić information content (AvgIpc) is 2.72. The zero-order valence-electron chi connectivity index (χ0n) is 12.1. The van der Waals surface area contributed by atoms with Gasteiger partial charge in [-0.1, -0.05) is 13.0 Å². The lowest BCUT2D eigenvalue weighted by Gasteiger charge is -2.21. The van der Waals surface area contributed by atoms with E-state index in [2.05, 4.69) is 50.6 Å². The van der Waals surface area contributed by atoms with Crippen molar-refractivity contribution in [3.63, 3.8) is 0 Å². The van der Waals surface area contributed by atoms with E-state index in [9.17, 15) is 0 Å². The Balaban J connectivity index is 2.61. The molecular weight excluding hydrogens is 224 g/mol. The molecule has 0 fully saturated rings. The molecule has 3 nitrogen and oxygen atoms in total. The molecule has 0 saturated carbocycles. The summed E-state index contributed by atoms with van der Waals surface area (Å²) in [5.74, 6) is 1.03. The molecule has 0 unspecified atom stereocenters. The molecule has 0 amide bonds. The minimum atomic E-state index is 0.107. The molecule has 0 radical (unpaired) electrons. The second kappa shape index (κ2) is 6.76. The first-order valence-corrected chi connectivity index (χ1v) is 6.59. The van der Waals surface area contributed by atoms with Crippen molar-refractivity contribution < 1.29 is 4.42 Å². The lowest BCUT2D eigenvalue weighted by atomic mass is 10.1. The van der Waals surface area contributed by atoms with Gasteiger partial charge in [-0.05, 0) is 33.4 Å². The number of nitrogens with zero attached hydrogens (tertiary/aromatic N) is 1. The quantitative estimate of drug-likeness (QED) is 0.753. The number of likely N-dealkylation sites (N-methyl/N-ethyl adjacent to an activating group) is 1. The SMILES string of the molecule is C=CCN(CC)Cc1ccoc1CNC(C)(C)C. The van der Waals surface area contributed by atoms with Crippen molar-refractivity contribution in [1.82, 2.24) is 10.2 Å². The van der Waals surface area contributed by atoms with Crippen LogP contribution in [0.3, 0.4) is 0 Å². The van der Waals surface area contributed by atoms with E-state index in [1.165, 1.54) is 5.56 Å². The summed E-state index contributed by atoms with van der Waals surface area (Å²) in [6.07, 6.45) is 3.72. The first kappa shape index (κ1) is 15.0. The van der Waals surface area contributed by atoms with E-state index in [0.717, 1.165) is 31.9 Å².